The highest BCUT2D eigenvalue weighted by molar-refractivity contribution is 5.92. The van der Waals surface area contributed by atoms with Gasteiger partial charge in [-0.25, -0.2) is 4.39 Å². The van der Waals surface area contributed by atoms with Crippen molar-refractivity contribution in [2.24, 2.45) is 0 Å². The maximum absolute atomic E-state index is 13.1. The summed E-state index contributed by atoms with van der Waals surface area (Å²) in [4.78, 5) is 30.2. The van der Waals surface area contributed by atoms with Crippen molar-refractivity contribution >= 4 is 23.2 Å². The molecular weight excluding hydrogens is 357 g/mol. The fourth-order valence-electron chi connectivity index (χ4n) is 3.49. The Morgan fingerprint density at radius 1 is 1.04 bits per heavy atom. The molecule has 0 aromatic heterocycles. The number of aryl methyl sites for hydroxylation is 1. The Kier molecular flexibility index (Phi) is 6.29. The second kappa shape index (κ2) is 8.87. The Hall–Kier alpha value is -2.89. The highest BCUT2D eigenvalue weighted by atomic mass is 19.1. The van der Waals surface area contributed by atoms with Crippen molar-refractivity contribution in [2.45, 2.75) is 20.3 Å². The van der Waals surface area contributed by atoms with Gasteiger partial charge in [0.1, 0.15) is 5.82 Å². The number of hydrogen-bond donors (Lipinski definition) is 0. The topological polar surface area (TPSA) is 43.9 Å². The number of amides is 2. The molecule has 0 aliphatic carbocycles. The summed E-state index contributed by atoms with van der Waals surface area (Å²) in [5.74, 6) is -0.476. The van der Waals surface area contributed by atoms with Gasteiger partial charge in [-0.2, -0.15) is 0 Å². The maximum Gasteiger partial charge on any atom is 0.224 e. The molecule has 1 saturated heterocycles. The molecule has 5 nitrogen and oxygen atoms in total. The summed E-state index contributed by atoms with van der Waals surface area (Å²) >= 11 is 0. The van der Waals surface area contributed by atoms with Crippen LogP contribution in [0.1, 0.15) is 18.9 Å². The quantitative estimate of drug-likeness (QED) is 0.796. The minimum Gasteiger partial charge on any atom is -0.368 e. The van der Waals surface area contributed by atoms with Crippen LogP contribution in [-0.2, 0) is 9.59 Å². The van der Waals surface area contributed by atoms with E-state index >= 15 is 0 Å². The molecule has 2 aromatic rings. The molecule has 28 heavy (non-hydrogen) atoms. The number of piperazine rings is 1. The van der Waals surface area contributed by atoms with E-state index in [1.807, 2.05) is 11.0 Å². The SMILES string of the molecule is CC(=O)N(CCC(=O)N1CCN(c2cccc(C)c2)CC1)c1ccc(F)cc1. The molecule has 148 valence electrons. The summed E-state index contributed by atoms with van der Waals surface area (Å²) in [5, 5.41) is 0. The number of rotatable bonds is 5. The molecule has 1 aliphatic rings. The average molecular weight is 383 g/mol. The lowest BCUT2D eigenvalue weighted by Gasteiger charge is -2.36. The summed E-state index contributed by atoms with van der Waals surface area (Å²) in [6.07, 6.45) is 0.251. The fourth-order valence-corrected chi connectivity index (χ4v) is 3.49. The van der Waals surface area contributed by atoms with Gasteiger partial charge < -0.3 is 14.7 Å². The van der Waals surface area contributed by atoms with Crippen LogP contribution in [0.5, 0.6) is 0 Å². The molecule has 0 saturated carbocycles. The van der Waals surface area contributed by atoms with Crippen molar-refractivity contribution in [3.63, 3.8) is 0 Å². The second-order valence-electron chi connectivity index (χ2n) is 7.10. The van der Waals surface area contributed by atoms with Gasteiger partial charge in [0.05, 0.1) is 0 Å². The molecule has 0 unspecified atom stereocenters. The first-order chi connectivity index (χ1) is 13.4. The molecule has 0 atom stereocenters. The number of nitrogens with zero attached hydrogens (tertiary/aromatic N) is 3. The molecule has 3 rings (SSSR count). The Balaban J connectivity index is 1.53. The molecule has 1 fully saturated rings. The van der Waals surface area contributed by atoms with Crippen molar-refractivity contribution in [3.8, 4) is 0 Å². The van der Waals surface area contributed by atoms with Crippen LogP contribution in [-0.4, -0.2) is 49.4 Å². The zero-order valence-corrected chi connectivity index (χ0v) is 16.4. The first-order valence-electron chi connectivity index (χ1n) is 9.57. The zero-order chi connectivity index (χ0) is 20.1. The molecule has 0 spiro atoms. The van der Waals surface area contributed by atoms with Crippen LogP contribution in [0.25, 0.3) is 0 Å². The zero-order valence-electron chi connectivity index (χ0n) is 16.4. The Bertz CT molecular complexity index is 830. The third-order valence-electron chi connectivity index (χ3n) is 5.07. The van der Waals surface area contributed by atoms with Crippen LogP contribution in [0.4, 0.5) is 15.8 Å². The average Bonchev–Trinajstić information content (AvgIpc) is 2.69. The number of benzene rings is 2. The lowest BCUT2D eigenvalue weighted by atomic mass is 10.2. The van der Waals surface area contributed by atoms with E-state index in [0.29, 0.717) is 18.8 Å². The van der Waals surface area contributed by atoms with Crippen LogP contribution in [0, 0.1) is 12.7 Å². The molecule has 2 aromatic carbocycles. The number of carbonyl (C=O) groups excluding carboxylic acids is 2. The van der Waals surface area contributed by atoms with E-state index < -0.39 is 0 Å². The van der Waals surface area contributed by atoms with E-state index in [-0.39, 0.29) is 30.6 Å². The van der Waals surface area contributed by atoms with E-state index in [0.717, 1.165) is 13.1 Å². The fraction of sp³-hybridized carbons (Fsp3) is 0.364. The molecule has 1 heterocycles. The Labute approximate surface area is 165 Å². The Morgan fingerprint density at radius 3 is 2.32 bits per heavy atom. The third kappa shape index (κ3) is 4.88. The number of anilines is 2. The highest BCUT2D eigenvalue weighted by Crippen LogP contribution is 2.19. The van der Waals surface area contributed by atoms with E-state index in [1.165, 1.54) is 35.2 Å². The van der Waals surface area contributed by atoms with E-state index in [1.54, 1.807) is 12.1 Å². The molecule has 6 heteroatoms. The molecule has 0 N–H and O–H groups in total. The van der Waals surface area contributed by atoms with Crippen molar-refractivity contribution in [2.75, 3.05) is 42.5 Å². The number of hydrogen-bond acceptors (Lipinski definition) is 3. The molecular formula is C22H26FN3O2. The lowest BCUT2D eigenvalue weighted by molar-refractivity contribution is -0.131. The second-order valence-corrected chi connectivity index (χ2v) is 7.10. The van der Waals surface area contributed by atoms with E-state index in [4.69, 9.17) is 0 Å². The molecule has 0 bridgehead atoms. The molecule has 1 aliphatic heterocycles. The molecule has 2 amide bonds. The summed E-state index contributed by atoms with van der Waals surface area (Å²) in [6, 6.07) is 14.1. The number of carbonyl (C=O) groups is 2. The normalized spacial score (nSPS) is 14.1. The van der Waals surface area contributed by atoms with Gasteiger partial charge in [0.25, 0.3) is 0 Å². The van der Waals surface area contributed by atoms with Gasteiger partial charge >= 0.3 is 0 Å². The van der Waals surface area contributed by atoms with Gasteiger partial charge in [-0.1, -0.05) is 12.1 Å². The monoisotopic (exact) mass is 383 g/mol. The lowest BCUT2D eigenvalue weighted by Crippen LogP contribution is -2.49. The van der Waals surface area contributed by atoms with Gasteiger partial charge in [0.15, 0.2) is 0 Å². The van der Waals surface area contributed by atoms with Crippen LogP contribution < -0.4 is 9.80 Å². The van der Waals surface area contributed by atoms with Crippen LogP contribution >= 0.6 is 0 Å². The predicted molar refractivity (Wildman–Crippen MR) is 109 cm³/mol. The van der Waals surface area contributed by atoms with E-state index in [9.17, 15) is 14.0 Å². The van der Waals surface area contributed by atoms with Gasteiger partial charge in [-0.3, -0.25) is 9.59 Å². The summed E-state index contributed by atoms with van der Waals surface area (Å²) in [6.45, 7) is 6.75. The third-order valence-corrected chi connectivity index (χ3v) is 5.07. The smallest absolute Gasteiger partial charge is 0.224 e. The van der Waals surface area contributed by atoms with Crippen molar-refractivity contribution in [1.29, 1.82) is 0 Å². The van der Waals surface area contributed by atoms with Gasteiger partial charge in [0, 0.05) is 57.4 Å². The largest absolute Gasteiger partial charge is 0.368 e. The van der Waals surface area contributed by atoms with Gasteiger partial charge in [-0.05, 0) is 48.9 Å². The summed E-state index contributed by atoms with van der Waals surface area (Å²) in [7, 11) is 0. The van der Waals surface area contributed by atoms with Crippen LogP contribution in [0.15, 0.2) is 48.5 Å². The standard InChI is InChI=1S/C22H26FN3O2/c1-17-4-3-5-21(16-17)24-12-14-25(15-13-24)22(28)10-11-26(18(2)27)20-8-6-19(23)7-9-20/h3-9,16H,10-15H2,1-2H3. The van der Waals surface area contributed by atoms with Crippen LogP contribution in [0.3, 0.4) is 0 Å². The van der Waals surface area contributed by atoms with Crippen molar-refractivity contribution in [3.05, 3.63) is 59.9 Å². The predicted octanol–water partition coefficient (Wildman–Crippen LogP) is 3.23. The van der Waals surface area contributed by atoms with Crippen molar-refractivity contribution < 1.29 is 14.0 Å². The minimum atomic E-state index is -0.352. The maximum atomic E-state index is 13.1. The highest BCUT2D eigenvalue weighted by Gasteiger charge is 2.22. The van der Waals surface area contributed by atoms with Gasteiger partial charge in [-0.15, -0.1) is 0 Å². The Morgan fingerprint density at radius 2 is 1.71 bits per heavy atom. The van der Waals surface area contributed by atoms with Gasteiger partial charge in [0.2, 0.25) is 11.8 Å². The van der Waals surface area contributed by atoms with Crippen LogP contribution in [0.2, 0.25) is 0 Å². The summed E-state index contributed by atoms with van der Waals surface area (Å²) in [5.41, 5.74) is 3.01. The molecule has 0 radical (unpaired) electrons. The first kappa shape index (κ1) is 19.9. The van der Waals surface area contributed by atoms with E-state index in [2.05, 4.69) is 30.0 Å². The van der Waals surface area contributed by atoms with Crippen molar-refractivity contribution in [1.82, 2.24) is 4.90 Å². The summed E-state index contributed by atoms with van der Waals surface area (Å²) < 4.78 is 13.1. The minimum absolute atomic E-state index is 0.0391. The first-order valence-corrected chi connectivity index (χ1v) is 9.57. The number of halogens is 1.